The van der Waals surface area contributed by atoms with Crippen molar-refractivity contribution in [3.8, 4) is 0 Å². The summed E-state index contributed by atoms with van der Waals surface area (Å²) < 4.78 is 3.95. The van der Waals surface area contributed by atoms with Crippen molar-refractivity contribution in [2.24, 2.45) is 7.05 Å². The minimum absolute atomic E-state index is 0.107. The Labute approximate surface area is 122 Å². The molecule has 2 rings (SSSR count). The Kier molecular flexibility index (Phi) is 5.67. The molecule has 0 spiro atoms. The zero-order valence-electron chi connectivity index (χ0n) is 11.5. The van der Waals surface area contributed by atoms with Gasteiger partial charge < -0.3 is 14.5 Å². The van der Waals surface area contributed by atoms with Crippen LogP contribution in [-0.2, 0) is 18.4 Å². The van der Waals surface area contributed by atoms with E-state index in [1.807, 2.05) is 36.1 Å². The lowest BCUT2D eigenvalue weighted by molar-refractivity contribution is -0.121. The molecule has 108 valence electrons. The fraction of sp³-hybridized carbons (Fsp3) is 0.462. The van der Waals surface area contributed by atoms with Crippen molar-refractivity contribution in [2.75, 3.05) is 12.3 Å². The standard InChI is InChI=1S/C13H19N5OS/c1-17-11-15-16-13(17)20-10-6-14-12(19)5-4-9-18-7-2-3-8-18/h2-3,7-8,11H,4-6,9-10H2,1H3,(H,14,19). The topological polar surface area (TPSA) is 64.7 Å². The van der Waals surface area contributed by atoms with Gasteiger partial charge in [0.15, 0.2) is 5.16 Å². The second-order valence-electron chi connectivity index (χ2n) is 4.45. The van der Waals surface area contributed by atoms with E-state index in [1.165, 1.54) is 0 Å². The van der Waals surface area contributed by atoms with Crippen molar-refractivity contribution in [3.63, 3.8) is 0 Å². The predicted octanol–water partition coefficient (Wildman–Crippen LogP) is 1.31. The molecule has 2 heterocycles. The van der Waals surface area contributed by atoms with Crippen molar-refractivity contribution >= 4 is 17.7 Å². The highest BCUT2D eigenvalue weighted by Crippen LogP contribution is 2.11. The van der Waals surface area contributed by atoms with Gasteiger partial charge in [-0.15, -0.1) is 10.2 Å². The fourth-order valence-electron chi connectivity index (χ4n) is 1.77. The number of carbonyl (C=O) groups is 1. The average Bonchev–Trinajstić information content (AvgIpc) is 3.07. The predicted molar refractivity (Wildman–Crippen MR) is 78.4 cm³/mol. The first-order valence-corrected chi connectivity index (χ1v) is 7.58. The molecule has 0 aliphatic carbocycles. The number of nitrogens with zero attached hydrogens (tertiary/aromatic N) is 4. The molecule has 20 heavy (non-hydrogen) atoms. The van der Waals surface area contributed by atoms with Crippen LogP contribution in [-0.4, -0.2) is 37.5 Å². The van der Waals surface area contributed by atoms with E-state index in [1.54, 1.807) is 18.1 Å². The van der Waals surface area contributed by atoms with E-state index in [-0.39, 0.29) is 5.91 Å². The van der Waals surface area contributed by atoms with Gasteiger partial charge in [-0.05, 0) is 18.6 Å². The molecular weight excluding hydrogens is 274 g/mol. The van der Waals surface area contributed by atoms with Crippen LogP contribution >= 0.6 is 11.8 Å². The monoisotopic (exact) mass is 293 g/mol. The Morgan fingerprint density at radius 2 is 2.20 bits per heavy atom. The third kappa shape index (κ3) is 4.73. The Hall–Kier alpha value is -1.76. The van der Waals surface area contributed by atoms with E-state index in [9.17, 15) is 4.79 Å². The first-order valence-electron chi connectivity index (χ1n) is 6.60. The summed E-state index contributed by atoms with van der Waals surface area (Å²) in [5, 5.41) is 11.6. The number of amides is 1. The van der Waals surface area contributed by atoms with Crippen LogP contribution in [0.25, 0.3) is 0 Å². The number of hydrogen-bond donors (Lipinski definition) is 1. The molecule has 0 aromatic carbocycles. The third-order valence-electron chi connectivity index (χ3n) is 2.81. The average molecular weight is 293 g/mol. The molecule has 0 fully saturated rings. The van der Waals surface area contributed by atoms with Gasteiger partial charge in [0.1, 0.15) is 6.33 Å². The van der Waals surface area contributed by atoms with Gasteiger partial charge in [-0.1, -0.05) is 11.8 Å². The lowest BCUT2D eigenvalue weighted by Crippen LogP contribution is -2.25. The molecular formula is C13H19N5OS. The second-order valence-corrected chi connectivity index (χ2v) is 5.51. The number of carbonyl (C=O) groups excluding carboxylic acids is 1. The summed E-state index contributed by atoms with van der Waals surface area (Å²) in [7, 11) is 1.90. The maximum absolute atomic E-state index is 11.6. The lowest BCUT2D eigenvalue weighted by atomic mass is 10.3. The molecule has 1 N–H and O–H groups in total. The van der Waals surface area contributed by atoms with Gasteiger partial charge in [-0.3, -0.25) is 4.79 Å². The van der Waals surface area contributed by atoms with Crippen LogP contribution in [0.4, 0.5) is 0 Å². The van der Waals surface area contributed by atoms with Gasteiger partial charge >= 0.3 is 0 Å². The van der Waals surface area contributed by atoms with Crippen LogP contribution in [0.15, 0.2) is 36.0 Å². The Bertz CT molecular complexity index is 523. The molecule has 2 aromatic rings. The van der Waals surface area contributed by atoms with E-state index >= 15 is 0 Å². The first kappa shape index (κ1) is 14.6. The van der Waals surface area contributed by atoms with Crippen molar-refractivity contribution in [3.05, 3.63) is 30.9 Å². The van der Waals surface area contributed by atoms with E-state index in [0.29, 0.717) is 13.0 Å². The van der Waals surface area contributed by atoms with E-state index in [2.05, 4.69) is 20.1 Å². The fourth-order valence-corrected chi connectivity index (χ4v) is 2.51. The van der Waals surface area contributed by atoms with Crippen molar-refractivity contribution in [2.45, 2.75) is 24.5 Å². The van der Waals surface area contributed by atoms with Crippen LogP contribution in [0.3, 0.4) is 0 Å². The highest BCUT2D eigenvalue weighted by atomic mass is 32.2. The summed E-state index contributed by atoms with van der Waals surface area (Å²) in [5.41, 5.74) is 0. The summed E-state index contributed by atoms with van der Waals surface area (Å²) in [5.74, 6) is 0.909. The SMILES string of the molecule is Cn1cnnc1SCCNC(=O)CCCn1cccc1. The molecule has 0 radical (unpaired) electrons. The van der Waals surface area contributed by atoms with Crippen LogP contribution in [0, 0.1) is 0 Å². The summed E-state index contributed by atoms with van der Waals surface area (Å²) in [4.78, 5) is 11.6. The molecule has 2 aromatic heterocycles. The molecule has 0 aliphatic heterocycles. The zero-order valence-corrected chi connectivity index (χ0v) is 12.3. The molecule has 0 saturated carbocycles. The summed E-state index contributed by atoms with van der Waals surface area (Å²) in [6.45, 7) is 1.54. The van der Waals surface area contributed by atoms with Crippen LogP contribution < -0.4 is 5.32 Å². The van der Waals surface area contributed by atoms with Gasteiger partial charge in [0.05, 0.1) is 0 Å². The quantitative estimate of drug-likeness (QED) is 0.588. The highest BCUT2D eigenvalue weighted by molar-refractivity contribution is 7.99. The molecule has 0 saturated heterocycles. The Morgan fingerprint density at radius 3 is 2.90 bits per heavy atom. The summed E-state index contributed by atoms with van der Waals surface area (Å²) in [6, 6.07) is 3.98. The molecule has 1 amide bonds. The zero-order chi connectivity index (χ0) is 14.2. The van der Waals surface area contributed by atoms with Gasteiger partial charge in [0.2, 0.25) is 5.91 Å². The third-order valence-corrected chi connectivity index (χ3v) is 3.85. The van der Waals surface area contributed by atoms with Crippen LogP contribution in [0.1, 0.15) is 12.8 Å². The smallest absolute Gasteiger partial charge is 0.220 e. The molecule has 0 atom stereocenters. The van der Waals surface area contributed by atoms with Crippen LogP contribution in [0.2, 0.25) is 0 Å². The minimum Gasteiger partial charge on any atom is -0.355 e. The van der Waals surface area contributed by atoms with E-state index in [4.69, 9.17) is 0 Å². The van der Waals surface area contributed by atoms with Crippen LogP contribution in [0.5, 0.6) is 0 Å². The van der Waals surface area contributed by atoms with E-state index in [0.717, 1.165) is 23.9 Å². The maximum atomic E-state index is 11.6. The normalized spacial score (nSPS) is 10.7. The summed E-state index contributed by atoms with van der Waals surface area (Å²) >= 11 is 1.59. The molecule has 0 aliphatic rings. The number of hydrogen-bond acceptors (Lipinski definition) is 4. The number of rotatable bonds is 8. The van der Waals surface area contributed by atoms with Crippen molar-refractivity contribution in [1.29, 1.82) is 0 Å². The molecule has 7 heteroatoms. The summed E-state index contributed by atoms with van der Waals surface area (Å²) in [6.07, 6.45) is 7.11. The Morgan fingerprint density at radius 1 is 1.40 bits per heavy atom. The highest BCUT2D eigenvalue weighted by Gasteiger charge is 2.03. The van der Waals surface area contributed by atoms with Gasteiger partial charge in [-0.25, -0.2) is 0 Å². The van der Waals surface area contributed by atoms with E-state index < -0.39 is 0 Å². The number of nitrogens with one attached hydrogen (secondary N) is 1. The van der Waals surface area contributed by atoms with Crippen molar-refractivity contribution < 1.29 is 4.79 Å². The minimum atomic E-state index is 0.107. The maximum Gasteiger partial charge on any atom is 0.220 e. The second kappa shape index (κ2) is 7.74. The van der Waals surface area contributed by atoms with Gasteiger partial charge in [0, 0.05) is 44.7 Å². The molecule has 6 nitrogen and oxygen atoms in total. The van der Waals surface area contributed by atoms with Gasteiger partial charge in [-0.2, -0.15) is 0 Å². The first-order chi connectivity index (χ1) is 9.75. The molecule has 0 bridgehead atoms. The number of thioether (sulfide) groups is 1. The number of aromatic nitrogens is 4. The molecule has 0 unspecified atom stereocenters. The van der Waals surface area contributed by atoms with Gasteiger partial charge in [0.25, 0.3) is 0 Å². The van der Waals surface area contributed by atoms with Crippen molar-refractivity contribution in [1.82, 2.24) is 24.6 Å². The number of aryl methyl sites for hydroxylation is 2. The lowest BCUT2D eigenvalue weighted by Gasteiger charge is -2.05. The Balaban J connectivity index is 1.53. The largest absolute Gasteiger partial charge is 0.355 e.